The highest BCUT2D eigenvalue weighted by molar-refractivity contribution is 6.51. The highest BCUT2D eigenvalue weighted by Crippen LogP contribution is 2.42. The molecule has 0 bridgehead atoms. The van der Waals surface area contributed by atoms with E-state index in [9.17, 15) is 19.1 Å². The Labute approximate surface area is 169 Å². The molecular weight excluding hydrogens is 399 g/mol. The van der Waals surface area contributed by atoms with Crippen LogP contribution in [0.3, 0.4) is 0 Å². The summed E-state index contributed by atoms with van der Waals surface area (Å²) < 4.78 is 18.3. The second kappa shape index (κ2) is 7.18. The number of aliphatic hydroxyl groups is 1. The lowest BCUT2D eigenvalue weighted by atomic mass is 9.95. The van der Waals surface area contributed by atoms with Crippen LogP contribution in [0.15, 0.2) is 64.7 Å². The van der Waals surface area contributed by atoms with Gasteiger partial charge in [-0.15, -0.1) is 0 Å². The van der Waals surface area contributed by atoms with Crippen molar-refractivity contribution in [3.05, 3.63) is 87.9 Å². The predicted molar refractivity (Wildman–Crippen MR) is 104 cm³/mol. The van der Waals surface area contributed by atoms with E-state index >= 15 is 0 Å². The molecule has 2 aromatic carbocycles. The maximum absolute atomic E-state index is 13.3. The van der Waals surface area contributed by atoms with E-state index in [0.29, 0.717) is 16.3 Å². The van der Waals surface area contributed by atoms with E-state index in [1.165, 1.54) is 18.2 Å². The Balaban J connectivity index is 1.95. The molecule has 1 aliphatic heterocycles. The molecule has 1 atom stereocenters. The van der Waals surface area contributed by atoms with Crippen LogP contribution in [0.5, 0.6) is 0 Å². The number of rotatable bonds is 3. The third kappa shape index (κ3) is 3.30. The van der Waals surface area contributed by atoms with Gasteiger partial charge in [-0.05, 0) is 48.9 Å². The fraction of sp³-hybridized carbons (Fsp3) is 0.0952. The van der Waals surface area contributed by atoms with Crippen molar-refractivity contribution in [1.82, 2.24) is 5.16 Å². The minimum atomic E-state index is -0.983. The topological polar surface area (TPSA) is 83.6 Å². The molecule has 146 valence electrons. The number of benzene rings is 2. The van der Waals surface area contributed by atoms with Gasteiger partial charge in [0.25, 0.3) is 5.78 Å². The molecule has 6 nitrogen and oxygen atoms in total. The normalized spacial score (nSPS) is 18.4. The number of aliphatic hydroxyl groups excluding tert-OH is 1. The highest BCUT2D eigenvalue weighted by atomic mass is 35.5. The zero-order valence-corrected chi connectivity index (χ0v) is 15.9. The molecule has 0 radical (unpaired) electrons. The summed E-state index contributed by atoms with van der Waals surface area (Å²) >= 11 is 6.11. The van der Waals surface area contributed by atoms with E-state index in [0.717, 1.165) is 17.0 Å². The molecule has 0 unspecified atom stereocenters. The Kier molecular flexibility index (Phi) is 4.68. The molecule has 8 heteroatoms. The van der Waals surface area contributed by atoms with Gasteiger partial charge in [0.15, 0.2) is 5.82 Å². The van der Waals surface area contributed by atoms with Crippen molar-refractivity contribution in [2.75, 3.05) is 4.90 Å². The lowest BCUT2D eigenvalue weighted by Gasteiger charge is -2.23. The third-order valence-corrected chi connectivity index (χ3v) is 4.82. The average molecular weight is 413 g/mol. The summed E-state index contributed by atoms with van der Waals surface area (Å²) in [5.74, 6) is -2.09. The molecule has 0 spiro atoms. The third-order valence-electron chi connectivity index (χ3n) is 4.59. The number of halogens is 2. The molecule has 1 aromatic heterocycles. The minimum absolute atomic E-state index is 0.132. The number of aromatic nitrogens is 1. The van der Waals surface area contributed by atoms with Crippen LogP contribution in [0.4, 0.5) is 10.2 Å². The molecule has 0 aliphatic carbocycles. The largest absolute Gasteiger partial charge is 0.507 e. The van der Waals surface area contributed by atoms with Gasteiger partial charge in [-0.2, -0.15) is 0 Å². The Morgan fingerprint density at radius 2 is 1.90 bits per heavy atom. The molecule has 1 saturated heterocycles. The van der Waals surface area contributed by atoms with E-state index < -0.39 is 29.3 Å². The Hall–Kier alpha value is -3.45. The van der Waals surface area contributed by atoms with Crippen molar-refractivity contribution < 1.29 is 23.6 Å². The van der Waals surface area contributed by atoms with E-state index in [2.05, 4.69) is 5.16 Å². The number of aryl methyl sites for hydroxylation is 1. The number of anilines is 1. The SMILES string of the molecule is Cc1cc(N2C(=O)C(=O)C(=C(O)c3ccc(F)cc3)[C@H]2c2cccc(Cl)c2)no1. The first kappa shape index (κ1) is 18.9. The summed E-state index contributed by atoms with van der Waals surface area (Å²) in [4.78, 5) is 26.9. The molecule has 1 fully saturated rings. The monoisotopic (exact) mass is 412 g/mol. The summed E-state index contributed by atoms with van der Waals surface area (Å²) in [6.07, 6.45) is 0. The van der Waals surface area contributed by atoms with Crippen molar-refractivity contribution >= 4 is 34.9 Å². The van der Waals surface area contributed by atoms with Gasteiger partial charge in [0, 0.05) is 16.7 Å². The molecular formula is C21H14ClFN2O4. The Bertz CT molecular complexity index is 1150. The molecule has 1 N–H and O–H groups in total. The van der Waals surface area contributed by atoms with Gasteiger partial charge >= 0.3 is 5.91 Å². The zero-order chi connectivity index (χ0) is 20.7. The van der Waals surface area contributed by atoms with Crippen molar-refractivity contribution in [2.45, 2.75) is 13.0 Å². The molecule has 4 rings (SSSR count). The standard InChI is InChI=1S/C21H14ClFN2O4/c1-11-9-16(24-29-11)25-18(13-3-2-4-14(22)10-13)17(20(27)21(25)28)19(26)12-5-7-15(23)8-6-12/h2-10,18,26H,1H3/t18-/m1/s1. The number of carbonyl (C=O) groups excluding carboxylic acids is 2. The summed E-state index contributed by atoms with van der Waals surface area (Å²) in [6.45, 7) is 1.65. The number of nitrogens with zero attached hydrogens (tertiary/aromatic N) is 2. The molecule has 1 aliphatic rings. The van der Waals surface area contributed by atoms with Crippen LogP contribution in [0, 0.1) is 12.7 Å². The van der Waals surface area contributed by atoms with Crippen LogP contribution in [0.2, 0.25) is 5.02 Å². The van der Waals surface area contributed by atoms with Gasteiger partial charge in [-0.25, -0.2) is 4.39 Å². The van der Waals surface area contributed by atoms with Gasteiger partial charge < -0.3 is 9.63 Å². The average Bonchev–Trinajstić information content (AvgIpc) is 3.23. The van der Waals surface area contributed by atoms with Gasteiger partial charge in [-0.1, -0.05) is 28.9 Å². The molecule has 3 aromatic rings. The first-order chi connectivity index (χ1) is 13.9. The van der Waals surface area contributed by atoms with Gasteiger partial charge in [0.05, 0.1) is 11.6 Å². The summed E-state index contributed by atoms with van der Waals surface area (Å²) in [5, 5.41) is 15.1. The van der Waals surface area contributed by atoms with Crippen LogP contribution in [0.25, 0.3) is 5.76 Å². The summed E-state index contributed by atoms with van der Waals surface area (Å²) in [5.41, 5.74) is 0.554. The van der Waals surface area contributed by atoms with Gasteiger partial charge in [-0.3, -0.25) is 14.5 Å². The van der Waals surface area contributed by atoms with Gasteiger partial charge in [0.2, 0.25) is 0 Å². The fourth-order valence-corrected chi connectivity index (χ4v) is 3.49. The number of ketones is 1. The zero-order valence-electron chi connectivity index (χ0n) is 15.1. The van der Waals surface area contributed by atoms with Crippen LogP contribution in [0.1, 0.15) is 22.9 Å². The number of carbonyl (C=O) groups is 2. The molecule has 0 saturated carbocycles. The first-order valence-electron chi connectivity index (χ1n) is 8.62. The van der Waals surface area contributed by atoms with Crippen molar-refractivity contribution in [3.8, 4) is 0 Å². The quantitative estimate of drug-likeness (QED) is 0.391. The smallest absolute Gasteiger partial charge is 0.301 e. The predicted octanol–water partition coefficient (Wildman–Crippen LogP) is 4.40. The lowest BCUT2D eigenvalue weighted by molar-refractivity contribution is -0.132. The Morgan fingerprint density at radius 1 is 1.17 bits per heavy atom. The van der Waals surface area contributed by atoms with Crippen molar-refractivity contribution in [3.63, 3.8) is 0 Å². The highest BCUT2D eigenvalue weighted by Gasteiger charge is 2.48. The summed E-state index contributed by atoms with van der Waals surface area (Å²) in [6, 6.07) is 12.1. The van der Waals surface area contributed by atoms with E-state index in [4.69, 9.17) is 16.1 Å². The fourth-order valence-electron chi connectivity index (χ4n) is 3.29. The number of hydrogen-bond acceptors (Lipinski definition) is 5. The second-order valence-electron chi connectivity index (χ2n) is 6.53. The van der Waals surface area contributed by atoms with E-state index in [-0.39, 0.29) is 17.0 Å². The molecule has 2 heterocycles. The van der Waals surface area contributed by atoms with Crippen molar-refractivity contribution in [1.29, 1.82) is 0 Å². The number of amides is 1. The van der Waals surface area contributed by atoms with Crippen LogP contribution in [-0.2, 0) is 9.59 Å². The van der Waals surface area contributed by atoms with Crippen LogP contribution >= 0.6 is 11.6 Å². The second-order valence-corrected chi connectivity index (χ2v) is 6.96. The first-order valence-corrected chi connectivity index (χ1v) is 9.00. The lowest BCUT2D eigenvalue weighted by Crippen LogP contribution is -2.29. The Morgan fingerprint density at radius 3 is 2.52 bits per heavy atom. The maximum atomic E-state index is 13.3. The van der Waals surface area contributed by atoms with Crippen LogP contribution < -0.4 is 4.90 Å². The summed E-state index contributed by atoms with van der Waals surface area (Å²) in [7, 11) is 0. The molecule has 1 amide bonds. The van der Waals surface area contributed by atoms with E-state index in [1.807, 2.05) is 0 Å². The van der Waals surface area contributed by atoms with Crippen LogP contribution in [-0.4, -0.2) is 22.0 Å². The van der Waals surface area contributed by atoms with Crippen molar-refractivity contribution in [2.24, 2.45) is 0 Å². The number of hydrogen-bond donors (Lipinski definition) is 1. The van der Waals surface area contributed by atoms with Gasteiger partial charge in [0.1, 0.15) is 17.3 Å². The van der Waals surface area contributed by atoms with E-state index in [1.54, 1.807) is 31.2 Å². The maximum Gasteiger partial charge on any atom is 0.301 e. The molecule has 29 heavy (non-hydrogen) atoms. The minimum Gasteiger partial charge on any atom is -0.507 e. The number of Topliss-reactive ketones (excluding diaryl/α,β-unsaturated/α-hetero) is 1.